The standard InChI is InChI=1S/C14H28N2/c1-3-13-4-7-14(11-15,8-5-13)16-9-6-12(2)10-16/h12-13H,3-11,15H2,1-2H3. The average molecular weight is 224 g/mol. The summed E-state index contributed by atoms with van der Waals surface area (Å²) >= 11 is 0. The van der Waals surface area contributed by atoms with Gasteiger partial charge in [0.15, 0.2) is 0 Å². The number of likely N-dealkylation sites (tertiary alicyclic amines) is 1. The second-order valence-electron chi connectivity index (χ2n) is 6.12. The molecule has 0 radical (unpaired) electrons. The highest BCUT2D eigenvalue weighted by Gasteiger charge is 2.40. The fourth-order valence-electron chi connectivity index (χ4n) is 3.64. The largest absolute Gasteiger partial charge is 0.329 e. The van der Waals surface area contributed by atoms with E-state index in [1.165, 1.54) is 51.6 Å². The Morgan fingerprint density at radius 1 is 1.25 bits per heavy atom. The number of nitrogens with zero attached hydrogens (tertiary/aromatic N) is 1. The van der Waals surface area contributed by atoms with Crippen LogP contribution in [0.1, 0.15) is 52.4 Å². The zero-order valence-electron chi connectivity index (χ0n) is 11.0. The maximum atomic E-state index is 6.11. The molecule has 2 fully saturated rings. The van der Waals surface area contributed by atoms with Gasteiger partial charge in [-0.2, -0.15) is 0 Å². The van der Waals surface area contributed by atoms with Crippen LogP contribution in [0.15, 0.2) is 0 Å². The Hall–Kier alpha value is -0.0800. The van der Waals surface area contributed by atoms with E-state index in [1.807, 2.05) is 0 Å². The highest BCUT2D eigenvalue weighted by atomic mass is 15.2. The van der Waals surface area contributed by atoms with Crippen LogP contribution in [0.3, 0.4) is 0 Å². The van der Waals surface area contributed by atoms with E-state index in [0.717, 1.165) is 18.4 Å². The number of hydrogen-bond donors (Lipinski definition) is 1. The second-order valence-corrected chi connectivity index (χ2v) is 6.12. The number of rotatable bonds is 3. The summed E-state index contributed by atoms with van der Waals surface area (Å²) in [6.07, 6.45) is 8.22. The molecular weight excluding hydrogens is 196 g/mol. The molecule has 2 heteroatoms. The molecule has 1 aliphatic heterocycles. The third-order valence-corrected chi connectivity index (χ3v) is 5.09. The molecule has 94 valence electrons. The second kappa shape index (κ2) is 5.05. The van der Waals surface area contributed by atoms with Crippen molar-refractivity contribution in [2.24, 2.45) is 17.6 Å². The minimum Gasteiger partial charge on any atom is -0.329 e. The lowest BCUT2D eigenvalue weighted by Crippen LogP contribution is -2.54. The monoisotopic (exact) mass is 224 g/mol. The molecule has 1 saturated heterocycles. The molecule has 0 bridgehead atoms. The summed E-state index contributed by atoms with van der Waals surface area (Å²) in [7, 11) is 0. The third-order valence-electron chi connectivity index (χ3n) is 5.09. The van der Waals surface area contributed by atoms with Gasteiger partial charge in [-0.3, -0.25) is 4.90 Å². The van der Waals surface area contributed by atoms with Gasteiger partial charge in [-0.25, -0.2) is 0 Å². The summed E-state index contributed by atoms with van der Waals surface area (Å²) in [5.74, 6) is 1.85. The van der Waals surface area contributed by atoms with Crippen LogP contribution in [0, 0.1) is 11.8 Å². The fourth-order valence-corrected chi connectivity index (χ4v) is 3.64. The average Bonchev–Trinajstić information content (AvgIpc) is 2.76. The van der Waals surface area contributed by atoms with Gasteiger partial charge in [0.1, 0.15) is 0 Å². The summed E-state index contributed by atoms with van der Waals surface area (Å²) in [4.78, 5) is 2.71. The lowest BCUT2D eigenvalue weighted by Gasteiger charge is -2.46. The van der Waals surface area contributed by atoms with Gasteiger partial charge in [-0.1, -0.05) is 20.3 Å². The summed E-state index contributed by atoms with van der Waals surface area (Å²) < 4.78 is 0. The van der Waals surface area contributed by atoms with Crippen molar-refractivity contribution in [3.63, 3.8) is 0 Å². The van der Waals surface area contributed by atoms with E-state index >= 15 is 0 Å². The molecule has 1 saturated carbocycles. The Kier molecular flexibility index (Phi) is 3.91. The van der Waals surface area contributed by atoms with E-state index in [9.17, 15) is 0 Å². The van der Waals surface area contributed by atoms with Crippen molar-refractivity contribution in [1.29, 1.82) is 0 Å². The maximum Gasteiger partial charge on any atom is 0.0332 e. The molecule has 1 atom stereocenters. The topological polar surface area (TPSA) is 29.3 Å². The van der Waals surface area contributed by atoms with Crippen LogP contribution in [-0.2, 0) is 0 Å². The SMILES string of the molecule is CCC1CCC(CN)(N2CCC(C)C2)CC1. The van der Waals surface area contributed by atoms with Gasteiger partial charge in [0.05, 0.1) is 0 Å². The molecule has 16 heavy (non-hydrogen) atoms. The molecule has 0 aromatic rings. The molecule has 1 aliphatic carbocycles. The van der Waals surface area contributed by atoms with Crippen molar-refractivity contribution < 1.29 is 0 Å². The van der Waals surface area contributed by atoms with Crippen molar-refractivity contribution in [3.05, 3.63) is 0 Å². The van der Waals surface area contributed by atoms with Crippen LogP contribution in [0.4, 0.5) is 0 Å². The molecule has 2 nitrogen and oxygen atoms in total. The quantitative estimate of drug-likeness (QED) is 0.798. The van der Waals surface area contributed by atoms with E-state index in [-0.39, 0.29) is 0 Å². The molecule has 0 spiro atoms. The first-order chi connectivity index (χ1) is 7.70. The van der Waals surface area contributed by atoms with Crippen LogP contribution in [0.5, 0.6) is 0 Å². The first kappa shape index (κ1) is 12.4. The van der Waals surface area contributed by atoms with Crippen molar-refractivity contribution in [3.8, 4) is 0 Å². The van der Waals surface area contributed by atoms with Gasteiger partial charge in [0.2, 0.25) is 0 Å². The number of hydrogen-bond acceptors (Lipinski definition) is 2. The predicted octanol–water partition coefficient (Wildman–Crippen LogP) is 2.63. The van der Waals surface area contributed by atoms with E-state index in [2.05, 4.69) is 18.7 Å². The van der Waals surface area contributed by atoms with Crippen molar-refractivity contribution in [2.75, 3.05) is 19.6 Å². The summed E-state index contributed by atoms with van der Waals surface area (Å²) in [5.41, 5.74) is 6.48. The molecule has 1 unspecified atom stereocenters. The summed E-state index contributed by atoms with van der Waals surface area (Å²) in [6, 6.07) is 0. The van der Waals surface area contributed by atoms with Crippen LogP contribution >= 0.6 is 0 Å². The van der Waals surface area contributed by atoms with E-state index in [4.69, 9.17) is 5.73 Å². The Bertz CT molecular complexity index is 219. The zero-order valence-corrected chi connectivity index (χ0v) is 11.0. The number of nitrogens with two attached hydrogens (primary N) is 1. The molecule has 0 amide bonds. The van der Waals surface area contributed by atoms with Crippen LogP contribution < -0.4 is 5.73 Å². The lowest BCUT2D eigenvalue weighted by atomic mass is 9.74. The molecule has 2 rings (SSSR count). The fraction of sp³-hybridized carbons (Fsp3) is 1.00. The summed E-state index contributed by atoms with van der Waals surface area (Å²) in [6.45, 7) is 8.15. The highest BCUT2D eigenvalue weighted by molar-refractivity contribution is 4.98. The van der Waals surface area contributed by atoms with Gasteiger partial charge in [-0.15, -0.1) is 0 Å². The highest BCUT2D eigenvalue weighted by Crippen LogP contribution is 2.39. The maximum absolute atomic E-state index is 6.11. The summed E-state index contributed by atoms with van der Waals surface area (Å²) in [5, 5.41) is 0. The van der Waals surface area contributed by atoms with E-state index < -0.39 is 0 Å². The normalized spacial score (nSPS) is 41.4. The smallest absolute Gasteiger partial charge is 0.0332 e. The molecule has 0 aromatic heterocycles. The Morgan fingerprint density at radius 3 is 2.38 bits per heavy atom. The third kappa shape index (κ3) is 2.28. The Labute approximate surface area is 101 Å². The van der Waals surface area contributed by atoms with Gasteiger partial charge < -0.3 is 5.73 Å². The molecule has 2 aliphatic rings. The van der Waals surface area contributed by atoms with Crippen molar-refractivity contribution in [2.45, 2.75) is 57.9 Å². The van der Waals surface area contributed by atoms with Gasteiger partial charge in [0.25, 0.3) is 0 Å². The van der Waals surface area contributed by atoms with Crippen LogP contribution in [0.25, 0.3) is 0 Å². The van der Waals surface area contributed by atoms with Gasteiger partial charge >= 0.3 is 0 Å². The Morgan fingerprint density at radius 2 is 1.94 bits per heavy atom. The van der Waals surface area contributed by atoms with Gasteiger partial charge in [-0.05, 0) is 50.5 Å². The van der Waals surface area contributed by atoms with Crippen LogP contribution in [0.2, 0.25) is 0 Å². The lowest BCUT2D eigenvalue weighted by molar-refractivity contribution is 0.0596. The molecular formula is C14H28N2. The first-order valence-electron chi connectivity index (χ1n) is 7.15. The Balaban J connectivity index is 1.98. The van der Waals surface area contributed by atoms with Crippen LogP contribution in [-0.4, -0.2) is 30.1 Å². The van der Waals surface area contributed by atoms with E-state index in [1.54, 1.807) is 0 Å². The molecule has 0 aromatic carbocycles. The van der Waals surface area contributed by atoms with Crippen molar-refractivity contribution >= 4 is 0 Å². The minimum absolute atomic E-state index is 0.371. The van der Waals surface area contributed by atoms with Gasteiger partial charge in [0, 0.05) is 18.6 Å². The molecule has 1 heterocycles. The molecule has 2 N–H and O–H groups in total. The predicted molar refractivity (Wildman–Crippen MR) is 69.4 cm³/mol. The zero-order chi connectivity index (χ0) is 11.6. The van der Waals surface area contributed by atoms with E-state index in [0.29, 0.717) is 5.54 Å². The van der Waals surface area contributed by atoms with Crippen molar-refractivity contribution in [1.82, 2.24) is 4.90 Å². The minimum atomic E-state index is 0.371. The first-order valence-corrected chi connectivity index (χ1v) is 7.15.